The first-order valence-electron chi connectivity index (χ1n) is 12.3. The molecule has 3 heterocycles. The molecule has 1 aliphatic heterocycles. The summed E-state index contributed by atoms with van der Waals surface area (Å²) < 4.78 is 0. The van der Waals surface area contributed by atoms with Crippen molar-refractivity contribution in [2.45, 2.75) is 19.4 Å². The van der Waals surface area contributed by atoms with Gasteiger partial charge in [-0.15, -0.1) is 0 Å². The van der Waals surface area contributed by atoms with Gasteiger partial charge in [-0.1, -0.05) is 89.1 Å². The van der Waals surface area contributed by atoms with Crippen LogP contribution in [0.5, 0.6) is 0 Å². The van der Waals surface area contributed by atoms with Crippen molar-refractivity contribution in [1.82, 2.24) is 15.3 Å². The van der Waals surface area contributed by atoms with Crippen LogP contribution in [0.3, 0.4) is 0 Å². The molecule has 2 aromatic carbocycles. The number of aromatic nitrogens is 2. The first-order valence-corrected chi connectivity index (χ1v) is 13.8. The zero-order valence-corrected chi connectivity index (χ0v) is 23.7. The average molecular weight is 575 g/mol. The van der Waals surface area contributed by atoms with E-state index in [2.05, 4.69) is 39.5 Å². The molecule has 0 spiro atoms. The van der Waals surface area contributed by atoms with Crippen molar-refractivity contribution < 1.29 is 35.0 Å². The first-order chi connectivity index (χ1) is 18.3. The van der Waals surface area contributed by atoms with Crippen molar-refractivity contribution in [3.63, 3.8) is 0 Å². The quantitative estimate of drug-likeness (QED) is 0.295. The van der Waals surface area contributed by atoms with Crippen molar-refractivity contribution in [2.24, 2.45) is 11.8 Å². The van der Waals surface area contributed by atoms with Crippen LogP contribution in [0.15, 0.2) is 54.6 Å². The van der Waals surface area contributed by atoms with E-state index in [9.17, 15) is 14.7 Å². The molecule has 7 nitrogen and oxygen atoms in total. The predicted molar refractivity (Wildman–Crippen MR) is 151 cm³/mol. The third-order valence-corrected chi connectivity index (χ3v) is 9.45. The molecule has 6 rings (SSSR count). The summed E-state index contributed by atoms with van der Waals surface area (Å²) in [5, 5.41) is 14.2. The van der Waals surface area contributed by atoms with Crippen LogP contribution < -0.4 is 29.1 Å². The van der Waals surface area contributed by atoms with Gasteiger partial charge in [-0.25, -0.2) is 9.78 Å². The number of carbonyl (C=O) groups excluding carboxylic acids is 1. The number of hydrogen-bond acceptors (Lipinski definition) is 5. The van der Waals surface area contributed by atoms with Gasteiger partial charge in [0.15, 0.2) is 5.13 Å². The molecule has 2 fully saturated rings. The minimum atomic E-state index is -0.962. The number of carboxylic acid groups (broad SMARTS) is 1. The number of aryl methyl sites for hydroxylation is 1. The Morgan fingerprint density at radius 1 is 1.08 bits per heavy atom. The van der Waals surface area contributed by atoms with E-state index in [-0.39, 0.29) is 59.7 Å². The summed E-state index contributed by atoms with van der Waals surface area (Å²) in [6.07, 6.45) is 0.450. The van der Waals surface area contributed by atoms with E-state index in [1.54, 1.807) is 6.92 Å². The summed E-state index contributed by atoms with van der Waals surface area (Å²) in [4.78, 5) is 34.8. The van der Waals surface area contributed by atoms with Crippen LogP contribution in [0.25, 0.3) is 11.1 Å². The Hall–Kier alpha value is -2.73. The van der Waals surface area contributed by atoms with Crippen molar-refractivity contribution in [3.05, 3.63) is 92.2 Å². The van der Waals surface area contributed by atoms with Gasteiger partial charge in [-0.05, 0) is 23.6 Å². The summed E-state index contributed by atoms with van der Waals surface area (Å²) in [5.41, 5.74) is 4.77. The maximum absolute atomic E-state index is 12.7. The number of H-pyrrole nitrogens is 1. The number of thiazole rings is 1. The predicted octanol–water partition coefficient (Wildman–Crippen LogP) is 3.02. The van der Waals surface area contributed by atoms with Crippen LogP contribution in [0.2, 0.25) is 10.0 Å². The van der Waals surface area contributed by atoms with E-state index in [0.717, 1.165) is 16.7 Å². The molecule has 0 radical (unpaired) electrons. The first kappa shape index (κ1) is 27.8. The summed E-state index contributed by atoms with van der Waals surface area (Å²) >= 11 is 13.5. The molecule has 1 saturated heterocycles. The van der Waals surface area contributed by atoms with E-state index < -0.39 is 5.97 Å². The molecule has 0 bridgehead atoms. The van der Waals surface area contributed by atoms with Gasteiger partial charge < -0.3 is 21.7 Å². The van der Waals surface area contributed by atoms with Crippen molar-refractivity contribution >= 4 is 51.5 Å². The third kappa shape index (κ3) is 5.37. The molecule has 196 valence electrons. The number of nitrogens with one attached hydrogen (secondary N) is 2. The molecular weight excluding hydrogens is 550 g/mol. The number of carboxylic acids is 1. The molecule has 11 heteroatoms. The van der Waals surface area contributed by atoms with E-state index in [0.29, 0.717) is 41.1 Å². The number of aromatic amines is 1. The number of amides is 1. The van der Waals surface area contributed by atoms with Gasteiger partial charge in [0.05, 0.1) is 15.7 Å². The zero-order chi connectivity index (χ0) is 26.6. The Morgan fingerprint density at radius 2 is 1.72 bits per heavy atom. The standard InChI is InChI=1S/C28H24Cl2N4O3S.Li.H/c1-14-21(29)22(30)24(31-14)26(35)33-23-18-12-34(13-19(18)23)28-32-20(25(38-28)27(36)37)11-15-7-9-17(10-8-15)16-5-3-2-4-6-16;;/h2-10,18-19,23,31H,11-13H2,1H3,(H,33,35)(H,36,37);;/q;+1;-1/t18-,19+,23?;;. The maximum atomic E-state index is 12.7. The van der Waals surface area contributed by atoms with Gasteiger partial charge in [-0.3, -0.25) is 4.79 Å². The Balaban J connectivity index is 0.00000185. The number of nitrogens with zero attached hydrogens (tertiary/aromatic N) is 2. The molecule has 3 N–H and O–H groups in total. The van der Waals surface area contributed by atoms with Gasteiger partial charge in [0.1, 0.15) is 10.6 Å². The number of rotatable bonds is 7. The van der Waals surface area contributed by atoms with E-state index in [4.69, 9.17) is 28.2 Å². The number of fused-ring (bicyclic) bond motifs is 1. The maximum Gasteiger partial charge on any atom is 1.00 e. The molecule has 1 amide bonds. The number of aromatic carboxylic acids is 1. The number of hydrogen-bond donors (Lipinski definition) is 3. The van der Waals surface area contributed by atoms with E-state index in [1.165, 1.54) is 11.3 Å². The molecule has 2 aliphatic rings. The molecule has 39 heavy (non-hydrogen) atoms. The monoisotopic (exact) mass is 574 g/mol. The topological polar surface area (TPSA) is 98.3 Å². The minimum Gasteiger partial charge on any atom is -1.00 e. The van der Waals surface area contributed by atoms with E-state index in [1.807, 2.05) is 30.3 Å². The Morgan fingerprint density at radius 3 is 2.31 bits per heavy atom. The van der Waals surface area contributed by atoms with Crippen molar-refractivity contribution in [1.29, 1.82) is 0 Å². The minimum absolute atomic E-state index is 0. The van der Waals surface area contributed by atoms with Crippen LogP contribution in [0.1, 0.15) is 38.5 Å². The molecule has 1 unspecified atom stereocenters. The summed E-state index contributed by atoms with van der Waals surface area (Å²) in [7, 11) is 0. The van der Waals surface area contributed by atoms with E-state index >= 15 is 0 Å². The summed E-state index contributed by atoms with van der Waals surface area (Å²) in [5.74, 6) is -0.652. The number of carbonyl (C=O) groups is 2. The van der Waals surface area contributed by atoms with Crippen LogP contribution in [0, 0.1) is 18.8 Å². The second-order valence-corrected chi connectivity index (χ2v) is 11.5. The molecule has 1 saturated carbocycles. The van der Waals surface area contributed by atoms with Gasteiger partial charge in [0, 0.05) is 43.1 Å². The number of benzene rings is 2. The van der Waals surface area contributed by atoms with Gasteiger partial charge in [-0.2, -0.15) is 0 Å². The molecule has 1 aliphatic carbocycles. The van der Waals surface area contributed by atoms with Crippen LogP contribution >= 0.6 is 34.5 Å². The number of piperidine rings is 1. The second kappa shape index (κ2) is 11.0. The SMILES string of the molecule is Cc1[nH]c(C(=O)NC2[C@H]3CN(c4nc(Cc5ccc(-c6ccccc6)cc5)c(C(=O)O)s4)C[C@@H]23)c(Cl)c1Cl.[H-].[Li+]. The largest absolute Gasteiger partial charge is 1.00 e. The van der Waals surface area contributed by atoms with Crippen molar-refractivity contribution in [2.75, 3.05) is 18.0 Å². The molecule has 3 atom stereocenters. The fraction of sp³-hybridized carbons (Fsp3) is 0.250. The van der Waals surface area contributed by atoms with Crippen LogP contribution in [-0.2, 0) is 6.42 Å². The van der Waals surface area contributed by atoms with Crippen molar-refractivity contribution in [3.8, 4) is 11.1 Å². The normalized spacial score (nSPS) is 19.4. The average Bonchev–Trinajstić information content (AvgIpc) is 3.27. The molecule has 2 aromatic heterocycles. The van der Waals surface area contributed by atoms with Gasteiger partial charge >= 0.3 is 24.8 Å². The number of anilines is 1. The zero-order valence-electron chi connectivity index (χ0n) is 22.4. The Bertz CT molecular complexity index is 1540. The summed E-state index contributed by atoms with van der Waals surface area (Å²) in [6, 6.07) is 18.3. The Kier molecular flexibility index (Phi) is 7.87. The second-order valence-electron chi connectivity index (χ2n) is 9.80. The third-order valence-electron chi connectivity index (χ3n) is 7.36. The smallest absolute Gasteiger partial charge is 1.00 e. The molecular formula is C28H25Cl2LiN4O3S. The van der Waals surface area contributed by atoms with Gasteiger partial charge in [0.25, 0.3) is 5.91 Å². The van der Waals surface area contributed by atoms with Gasteiger partial charge in [0.2, 0.25) is 0 Å². The van der Waals surface area contributed by atoms with Crippen LogP contribution in [-0.4, -0.2) is 46.1 Å². The Labute approximate surface area is 253 Å². The number of halogens is 2. The molecule has 4 aromatic rings. The fourth-order valence-electron chi connectivity index (χ4n) is 5.25. The fourth-order valence-corrected chi connectivity index (χ4v) is 6.60. The summed E-state index contributed by atoms with van der Waals surface area (Å²) in [6.45, 7) is 3.19. The van der Waals surface area contributed by atoms with Crippen LogP contribution in [0.4, 0.5) is 5.13 Å².